The van der Waals surface area contributed by atoms with Crippen molar-refractivity contribution in [1.82, 2.24) is 10.0 Å². The molecule has 6 heteroatoms. The Hall–Kier alpha value is -0.430. The summed E-state index contributed by atoms with van der Waals surface area (Å²) in [4.78, 5) is 1.28. The van der Waals surface area contributed by atoms with Gasteiger partial charge in [0.05, 0.1) is 4.90 Å². The minimum Gasteiger partial charge on any atom is -0.315 e. The van der Waals surface area contributed by atoms with Crippen molar-refractivity contribution in [2.45, 2.75) is 56.9 Å². The molecule has 0 atom stereocenters. The first-order chi connectivity index (χ1) is 9.61. The summed E-state index contributed by atoms with van der Waals surface area (Å²) >= 11 is 1.47. The zero-order chi connectivity index (χ0) is 14.8. The molecular formula is C14H26N2O2S2. The fourth-order valence-electron chi connectivity index (χ4n) is 2.05. The van der Waals surface area contributed by atoms with E-state index in [0.29, 0.717) is 18.0 Å². The Bertz CT molecular complexity index is 469. The molecule has 0 aromatic carbocycles. The van der Waals surface area contributed by atoms with E-state index in [9.17, 15) is 8.42 Å². The van der Waals surface area contributed by atoms with Gasteiger partial charge in [0.2, 0.25) is 10.0 Å². The van der Waals surface area contributed by atoms with Crippen molar-refractivity contribution in [2.24, 2.45) is 0 Å². The normalized spacial score (nSPS) is 11.9. The number of hydrogen-bond acceptors (Lipinski definition) is 4. The van der Waals surface area contributed by atoms with Crippen molar-refractivity contribution in [3.63, 3.8) is 0 Å². The van der Waals surface area contributed by atoms with E-state index >= 15 is 0 Å². The molecule has 4 nitrogen and oxygen atoms in total. The Kier molecular flexibility index (Phi) is 8.37. The maximum absolute atomic E-state index is 12.2. The van der Waals surface area contributed by atoms with Gasteiger partial charge in [-0.2, -0.15) is 0 Å². The van der Waals surface area contributed by atoms with Crippen LogP contribution in [0.25, 0.3) is 0 Å². The van der Waals surface area contributed by atoms with Crippen molar-refractivity contribution in [2.75, 3.05) is 13.6 Å². The second kappa shape index (κ2) is 9.50. The highest BCUT2D eigenvalue weighted by molar-refractivity contribution is 7.89. The number of nitrogens with one attached hydrogen (secondary N) is 2. The van der Waals surface area contributed by atoms with Crippen LogP contribution in [0.15, 0.2) is 16.3 Å². The lowest BCUT2D eigenvalue weighted by Crippen LogP contribution is -2.25. The van der Waals surface area contributed by atoms with Crippen molar-refractivity contribution in [1.29, 1.82) is 0 Å². The molecule has 0 aliphatic carbocycles. The van der Waals surface area contributed by atoms with E-state index in [1.54, 1.807) is 6.07 Å². The second-order valence-corrected chi connectivity index (χ2v) is 7.64. The van der Waals surface area contributed by atoms with Crippen LogP contribution in [-0.2, 0) is 16.6 Å². The topological polar surface area (TPSA) is 58.2 Å². The molecule has 0 spiro atoms. The summed E-state index contributed by atoms with van der Waals surface area (Å²) < 4.78 is 27.1. The lowest BCUT2D eigenvalue weighted by atomic mass is 10.1. The maximum Gasteiger partial charge on any atom is 0.241 e. The van der Waals surface area contributed by atoms with Gasteiger partial charge in [-0.3, -0.25) is 0 Å². The van der Waals surface area contributed by atoms with E-state index in [2.05, 4.69) is 17.0 Å². The zero-order valence-corrected chi connectivity index (χ0v) is 14.1. The monoisotopic (exact) mass is 318 g/mol. The number of hydrogen-bond donors (Lipinski definition) is 2. The van der Waals surface area contributed by atoms with Crippen LogP contribution in [0.5, 0.6) is 0 Å². The van der Waals surface area contributed by atoms with Gasteiger partial charge < -0.3 is 5.32 Å². The van der Waals surface area contributed by atoms with Crippen LogP contribution in [0, 0.1) is 0 Å². The quantitative estimate of drug-likeness (QED) is 0.616. The Morgan fingerprint density at radius 3 is 2.55 bits per heavy atom. The molecule has 1 rings (SSSR count). The van der Waals surface area contributed by atoms with Gasteiger partial charge in [0.25, 0.3) is 0 Å². The first-order valence-corrected chi connectivity index (χ1v) is 9.68. The van der Waals surface area contributed by atoms with Gasteiger partial charge in [0.1, 0.15) is 0 Å². The Labute approximate surface area is 127 Å². The number of rotatable bonds is 11. The maximum atomic E-state index is 12.2. The third-order valence-electron chi connectivity index (χ3n) is 3.15. The Balaban J connectivity index is 2.36. The lowest BCUT2D eigenvalue weighted by molar-refractivity contribution is 0.567. The summed E-state index contributed by atoms with van der Waals surface area (Å²) in [6.45, 7) is 3.31. The molecule has 0 aliphatic rings. The molecular weight excluding hydrogens is 292 g/mol. The standard InChI is InChI=1S/C14H26N2O2S2/c1-3-4-5-6-7-8-10-16-20(17,18)14-9-11-19-13(14)12-15-2/h9,11,15-16H,3-8,10,12H2,1-2H3. The van der Waals surface area contributed by atoms with Gasteiger partial charge in [-0.25, -0.2) is 13.1 Å². The van der Waals surface area contributed by atoms with E-state index < -0.39 is 10.0 Å². The van der Waals surface area contributed by atoms with Crippen LogP contribution in [0.3, 0.4) is 0 Å². The fraction of sp³-hybridized carbons (Fsp3) is 0.714. The number of unbranched alkanes of at least 4 members (excludes halogenated alkanes) is 5. The van der Waals surface area contributed by atoms with Crippen molar-refractivity contribution >= 4 is 21.4 Å². The van der Waals surface area contributed by atoms with Crippen LogP contribution < -0.4 is 10.0 Å². The van der Waals surface area contributed by atoms with Gasteiger partial charge in [0, 0.05) is 18.0 Å². The van der Waals surface area contributed by atoms with Crippen LogP contribution in [-0.4, -0.2) is 22.0 Å². The number of sulfonamides is 1. The average molecular weight is 319 g/mol. The van der Waals surface area contributed by atoms with Crippen LogP contribution >= 0.6 is 11.3 Å². The summed E-state index contributed by atoms with van der Waals surface area (Å²) in [7, 11) is -1.53. The van der Waals surface area contributed by atoms with Gasteiger partial charge in [0.15, 0.2) is 0 Å². The van der Waals surface area contributed by atoms with E-state index in [0.717, 1.165) is 17.7 Å². The average Bonchev–Trinajstić information content (AvgIpc) is 2.87. The Morgan fingerprint density at radius 1 is 1.15 bits per heavy atom. The van der Waals surface area contributed by atoms with Crippen LogP contribution in [0.2, 0.25) is 0 Å². The highest BCUT2D eigenvalue weighted by atomic mass is 32.2. The highest BCUT2D eigenvalue weighted by Gasteiger charge is 2.18. The summed E-state index contributed by atoms with van der Waals surface area (Å²) in [5.41, 5.74) is 0. The van der Waals surface area contributed by atoms with Crippen LogP contribution in [0.1, 0.15) is 50.3 Å². The molecule has 0 radical (unpaired) electrons. The SMILES string of the molecule is CCCCCCCCNS(=O)(=O)c1ccsc1CNC. The van der Waals surface area contributed by atoms with Crippen molar-refractivity contribution in [3.8, 4) is 0 Å². The van der Waals surface area contributed by atoms with E-state index in [1.165, 1.54) is 37.0 Å². The molecule has 0 fully saturated rings. The van der Waals surface area contributed by atoms with Gasteiger partial charge in [-0.05, 0) is 24.9 Å². The molecule has 116 valence electrons. The molecule has 0 bridgehead atoms. The molecule has 1 heterocycles. The summed E-state index contributed by atoms with van der Waals surface area (Å²) in [6, 6.07) is 1.68. The molecule has 1 aromatic heterocycles. The molecule has 0 unspecified atom stereocenters. The summed E-state index contributed by atoms with van der Waals surface area (Å²) in [5, 5.41) is 4.82. The minimum atomic E-state index is -3.35. The number of thiophene rings is 1. The molecule has 0 amide bonds. The highest BCUT2D eigenvalue weighted by Crippen LogP contribution is 2.21. The van der Waals surface area contributed by atoms with Gasteiger partial charge >= 0.3 is 0 Å². The fourth-order valence-corrected chi connectivity index (χ4v) is 4.57. The third-order valence-corrected chi connectivity index (χ3v) is 5.75. The van der Waals surface area contributed by atoms with Crippen LogP contribution in [0.4, 0.5) is 0 Å². The lowest BCUT2D eigenvalue weighted by Gasteiger charge is -2.07. The Morgan fingerprint density at radius 2 is 1.85 bits per heavy atom. The smallest absolute Gasteiger partial charge is 0.241 e. The van der Waals surface area contributed by atoms with Gasteiger partial charge in [-0.15, -0.1) is 11.3 Å². The predicted molar refractivity (Wildman–Crippen MR) is 85.6 cm³/mol. The first-order valence-electron chi connectivity index (χ1n) is 7.32. The van der Waals surface area contributed by atoms with Crippen molar-refractivity contribution in [3.05, 3.63) is 16.3 Å². The first kappa shape index (κ1) is 17.6. The van der Waals surface area contributed by atoms with E-state index in [1.807, 2.05) is 12.4 Å². The molecule has 0 aliphatic heterocycles. The third kappa shape index (κ3) is 5.91. The molecule has 20 heavy (non-hydrogen) atoms. The van der Waals surface area contributed by atoms with E-state index in [-0.39, 0.29) is 0 Å². The molecule has 0 saturated heterocycles. The summed E-state index contributed by atoms with van der Waals surface area (Å²) in [6.07, 6.45) is 6.95. The van der Waals surface area contributed by atoms with E-state index in [4.69, 9.17) is 0 Å². The summed E-state index contributed by atoms with van der Waals surface area (Å²) in [5.74, 6) is 0. The molecule has 1 aromatic rings. The minimum absolute atomic E-state index is 0.419. The molecule has 0 saturated carbocycles. The largest absolute Gasteiger partial charge is 0.315 e. The second-order valence-electron chi connectivity index (χ2n) is 4.90. The van der Waals surface area contributed by atoms with Crippen molar-refractivity contribution < 1.29 is 8.42 Å². The predicted octanol–water partition coefficient (Wildman–Crippen LogP) is 3.11. The van der Waals surface area contributed by atoms with Gasteiger partial charge in [-0.1, -0.05) is 39.0 Å². The zero-order valence-electron chi connectivity index (χ0n) is 12.4. The molecule has 2 N–H and O–H groups in total.